The summed E-state index contributed by atoms with van der Waals surface area (Å²) < 4.78 is 0. The fourth-order valence-electron chi connectivity index (χ4n) is 3.32. The van der Waals surface area contributed by atoms with Crippen molar-refractivity contribution in [3.05, 3.63) is 0 Å². The predicted molar refractivity (Wildman–Crippen MR) is 76.4 cm³/mol. The molecule has 0 saturated carbocycles. The number of rotatable bonds is 3. The maximum Gasteiger partial charge on any atom is 0.310 e. The molecule has 0 spiro atoms. The number of hydrogen-bond donors (Lipinski definition) is 1. The fourth-order valence-corrected chi connectivity index (χ4v) is 3.32. The van der Waals surface area contributed by atoms with E-state index in [9.17, 15) is 14.7 Å². The minimum absolute atomic E-state index is 0.166. The molecule has 0 radical (unpaired) electrons. The lowest BCUT2D eigenvalue weighted by Crippen LogP contribution is -2.54. The zero-order valence-electron chi connectivity index (χ0n) is 12.6. The Balaban J connectivity index is 1.99. The molecule has 2 unspecified atom stereocenters. The Bertz CT molecular complexity index is 379. The van der Waals surface area contributed by atoms with E-state index in [2.05, 4.69) is 4.90 Å². The molecule has 5 heteroatoms. The third kappa shape index (κ3) is 3.14. The summed E-state index contributed by atoms with van der Waals surface area (Å²) >= 11 is 0. The number of carbonyl (C=O) groups is 2. The lowest BCUT2D eigenvalue weighted by Gasteiger charge is -2.41. The van der Waals surface area contributed by atoms with E-state index in [0.717, 1.165) is 38.9 Å². The Morgan fingerprint density at radius 1 is 1.10 bits per heavy atom. The Labute approximate surface area is 120 Å². The first-order valence-electron chi connectivity index (χ1n) is 7.70. The molecule has 0 aromatic rings. The number of piperidine rings is 2. The van der Waals surface area contributed by atoms with Crippen LogP contribution in [0.3, 0.4) is 0 Å². The van der Waals surface area contributed by atoms with Crippen molar-refractivity contribution in [1.82, 2.24) is 9.80 Å². The van der Waals surface area contributed by atoms with Crippen molar-refractivity contribution in [2.45, 2.75) is 52.0 Å². The molecule has 1 N–H and O–H groups in total. The summed E-state index contributed by atoms with van der Waals surface area (Å²) in [6.07, 6.45) is 4.93. The number of carboxylic acids is 1. The molecule has 20 heavy (non-hydrogen) atoms. The van der Waals surface area contributed by atoms with Gasteiger partial charge < -0.3 is 10.0 Å². The zero-order chi connectivity index (χ0) is 14.8. The van der Waals surface area contributed by atoms with Crippen molar-refractivity contribution < 1.29 is 14.7 Å². The van der Waals surface area contributed by atoms with Crippen LogP contribution in [0.1, 0.15) is 46.0 Å². The SMILES string of the molecule is CC(C(=O)N1CCCCC1)N1CCCC(C)(C(=O)O)C1. The van der Waals surface area contributed by atoms with E-state index < -0.39 is 11.4 Å². The van der Waals surface area contributed by atoms with Gasteiger partial charge in [0, 0.05) is 19.6 Å². The van der Waals surface area contributed by atoms with Crippen molar-refractivity contribution in [2.24, 2.45) is 5.41 Å². The summed E-state index contributed by atoms with van der Waals surface area (Å²) in [6, 6.07) is -0.202. The van der Waals surface area contributed by atoms with Gasteiger partial charge in [0.15, 0.2) is 0 Å². The summed E-state index contributed by atoms with van der Waals surface area (Å²) in [6.45, 7) is 6.72. The van der Waals surface area contributed by atoms with Gasteiger partial charge in [-0.05, 0) is 52.5 Å². The normalized spacial score (nSPS) is 30.0. The van der Waals surface area contributed by atoms with Gasteiger partial charge >= 0.3 is 5.97 Å². The van der Waals surface area contributed by atoms with Crippen LogP contribution < -0.4 is 0 Å². The molecule has 1 amide bonds. The first-order chi connectivity index (χ1) is 9.44. The van der Waals surface area contributed by atoms with Crippen molar-refractivity contribution in [3.63, 3.8) is 0 Å². The topological polar surface area (TPSA) is 60.9 Å². The largest absolute Gasteiger partial charge is 0.481 e. The van der Waals surface area contributed by atoms with Crippen LogP contribution in [0.15, 0.2) is 0 Å². The van der Waals surface area contributed by atoms with Gasteiger partial charge in [-0.3, -0.25) is 14.5 Å². The molecule has 2 aliphatic heterocycles. The quantitative estimate of drug-likeness (QED) is 0.853. The number of likely N-dealkylation sites (tertiary alicyclic amines) is 2. The molecular formula is C15H26N2O3. The van der Waals surface area contributed by atoms with Crippen LogP contribution in [0.4, 0.5) is 0 Å². The molecule has 2 aliphatic rings. The highest BCUT2D eigenvalue weighted by molar-refractivity contribution is 5.82. The summed E-state index contributed by atoms with van der Waals surface area (Å²) in [5.74, 6) is -0.584. The summed E-state index contributed by atoms with van der Waals surface area (Å²) in [5, 5.41) is 9.36. The molecule has 2 saturated heterocycles. The maximum atomic E-state index is 12.5. The van der Waals surface area contributed by atoms with E-state index in [1.54, 1.807) is 6.92 Å². The molecule has 2 rings (SSSR count). The Hall–Kier alpha value is -1.10. The summed E-state index contributed by atoms with van der Waals surface area (Å²) in [4.78, 5) is 27.9. The Kier molecular flexibility index (Phi) is 4.68. The second-order valence-electron chi connectivity index (χ2n) is 6.50. The van der Waals surface area contributed by atoms with Crippen LogP contribution >= 0.6 is 0 Å². The maximum absolute atomic E-state index is 12.5. The van der Waals surface area contributed by atoms with Gasteiger partial charge in [0.25, 0.3) is 0 Å². The van der Waals surface area contributed by atoms with E-state index in [0.29, 0.717) is 13.0 Å². The molecule has 0 aliphatic carbocycles. The number of nitrogens with zero attached hydrogens (tertiary/aromatic N) is 2. The van der Waals surface area contributed by atoms with Gasteiger partial charge in [0.05, 0.1) is 11.5 Å². The lowest BCUT2D eigenvalue weighted by molar-refractivity contribution is -0.154. The second kappa shape index (κ2) is 6.12. The number of carbonyl (C=O) groups excluding carboxylic acids is 1. The third-order valence-corrected chi connectivity index (χ3v) is 4.82. The van der Waals surface area contributed by atoms with Crippen LogP contribution in [0, 0.1) is 5.41 Å². The van der Waals surface area contributed by atoms with E-state index >= 15 is 0 Å². The molecule has 2 heterocycles. The van der Waals surface area contributed by atoms with Crippen molar-refractivity contribution in [1.29, 1.82) is 0 Å². The Morgan fingerprint density at radius 2 is 1.75 bits per heavy atom. The summed E-state index contributed by atoms with van der Waals surface area (Å²) in [7, 11) is 0. The third-order valence-electron chi connectivity index (χ3n) is 4.82. The number of hydrogen-bond acceptors (Lipinski definition) is 3. The van der Waals surface area contributed by atoms with Crippen LogP contribution in [0.2, 0.25) is 0 Å². The monoisotopic (exact) mass is 282 g/mol. The Morgan fingerprint density at radius 3 is 2.35 bits per heavy atom. The van der Waals surface area contributed by atoms with Crippen LogP contribution in [-0.4, -0.2) is 59.0 Å². The standard InChI is InChI=1S/C15H26N2O3/c1-12(13(18)16-8-4-3-5-9-16)17-10-6-7-15(2,11-17)14(19)20/h12H,3-11H2,1-2H3,(H,19,20). The fraction of sp³-hybridized carbons (Fsp3) is 0.867. The molecule has 114 valence electrons. The molecule has 0 aromatic heterocycles. The first-order valence-corrected chi connectivity index (χ1v) is 7.70. The van der Waals surface area contributed by atoms with E-state index in [1.165, 1.54) is 6.42 Å². The lowest BCUT2D eigenvalue weighted by atomic mass is 9.81. The van der Waals surface area contributed by atoms with Gasteiger partial charge in [-0.2, -0.15) is 0 Å². The smallest absolute Gasteiger partial charge is 0.310 e. The minimum Gasteiger partial charge on any atom is -0.481 e. The summed E-state index contributed by atoms with van der Waals surface area (Å²) in [5.41, 5.74) is -0.714. The molecule has 2 fully saturated rings. The van der Waals surface area contributed by atoms with Crippen LogP contribution in [0.25, 0.3) is 0 Å². The van der Waals surface area contributed by atoms with Crippen molar-refractivity contribution in [3.8, 4) is 0 Å². The molecule has 5 nitrogen and oxygen atoms in total. The number of amides is 1. The van der Waals surface area contributed by atoms with E-state index in [-0.39, 0.29) is 11.9 Å². The van der Waals surface area contributed by atoms with E-state index in [4.69, 9.17) is 0 Å². The first kappa shape index (κ1) is 15.3. The van der Waals surface area contributed by atoms with E-state index in [1.807, 2.05) is 11.8 Å². The molecule has 0 bridgehead atoms. The molecular weight excluding hydrogens is 256 g/mol. The minimum atomic E-state index is -0.750. The predicted octanol–water partition coefficient (Wildman–Crippen LogP) is 1.57. The van der Waals surface area contributed by atoms with Gasteiger partial charge in [0.2, 0.25) is 5.91 Å². The number of aliphatic carboxylic acids is 1. The highest BCUT2D eigenvalue weighted by atomic mass is 16.4. The highest BCUT2D eigenvalue weighted by Crippen LogP contribution is 2.31. The number of carboxylic acid groups (broad SMARTS) is 1. The highest BCUT2D eigenvalue weighted by Gasteiger charge is 2.40. The van der Waals surface area contributed by atoms with Gasteiger partial charge in [-0.15, -0.1) is 0 Å². The van der Waals surface area contributed by atoms with Gasteiger partial charge in [-0.1, -0.05) is 0 Å². The van der Waals surface area contributed by atoms with Gasteiger partial charge in [-0.25, -0.2) is 0 Å². The molecule has 0 aromatic carbocycles. The average Bonchev–Trinajstić information content (AvgIpc) is 2.46. The van der Waals surface area contributed by atoms with Crippen LogP contribution in [-0.2, 0) is 9.59 Å². The second-order valence-corrected chi connectivity index (χ2v) is 6.50. The molecule has 2 atom stereocenters. The zero-order valence-corrected chi connectivity index (χ0v) is 12.6. The van der Waals surface area contributed by atoms with Crippen molar-refractivity contribution >= 4 is 11.9 Å². The van der Waals surface area contributed by atoms with Crippen LogP contribution in [0.5, 0.6) is 0 Å². The van der Waals surface area contributed by atoms with Gasteiger partial charge in [0.1, 0.15) is 0 Å². The van der Waals surface area contributed by atoms with Crippen molar-refractivity contribution in [2.75, 3.05) is 26.2 Å². The average molecular weight is 282 g/mol.